The number of nitrogens with one attached hydrogen (secondary N) is 3. The minimum atomic E-state index is -0.606. The third kappa shape index (κ3) is 10.2. The van der Waals surface area contributed by atoms with Crippen molar-refractivity contribution in [3.05, 3.63) is 41.5 Å². The average Bonchev–Trinajstić information content (AvgIpc) is 2.85. The van der Waals surface area contributed by atoms with Crippen molar-refractivity contribution >= 4 is 23.5 Å². The molecule has 0 saturated carbocycles. The number of fused-ring (bicyclic) bond motifs is 1. The number of pyridine rings is 1. The molecule has 1 atom stereocenters. The highest BCUT2D eigenvalue weighted by atomic mass is 16.6. The Morgan fingerprint density at radius 1 is 1.16 bits per heavy atom. The molecule has 10 nitrogen and oxygen atoms in total. The van der Waals surface area contributed by atoms with Crippen LogP contribution in [-0.2, 0) is 27.2 Å². The van der Waals surface area contributed by atoms with Crippen LogP contribution < -0.4 is 16.0 Å². The van der Waals surface area contributed by atoms with Crippen LogP contribution in [-0.4, -0.2) is 69.7 Å². The van der Waals surface area contributed by atoms with Gasteiger partial charge in [0.25, 0.3) is 0 Å². The lowest BCUT2D eigenvalue weighted by molar-refractivity contribution is -0.156. The number of anilines is 2. The molecule has 0 saturated heterocycles. The molecule has 2 aromatic rings. The van der Waals surface area contributed by atoms with Crippen molar-refractivity contribution in [1.29, 1.82) is 0 Å². The van der Waals surface area contributed by atoms with Crippen LogP contribution in [0.2, 0.25) is 0 Å². The predicted molar refractivity (Wildman–Crippen MR) is 149 cm³/mol. The Hall–Kier alpha value is -3.27. The van der Waals surface area contributed by atoms with Gasteiger partial charge in [0.15, 0.2) is 0 Å². The molecule has 0 fully saturated rings. The van der Waals surface area contributed by atoms with E-state index >= 15 is 0 Å². The molecule has 1 aliphatic rings. The van der Waals surface area contributed by atoms with E-state index in [1.54, 1.807) is 12.4 Å². The number of hydrogen-bond acceptors (Lipinski definition) is 9. The lowest BCUT2D eigenvalue weighted by Gasteiger charge is -2.27. The number of carbonyl (C=O) groups is 2. The number of esters is 1. The van der Waals surface area contributed by atoms with Gasteiger partial charge in [-0.05, 0) is 84.4 Å². The number of hydrogen-bond donors (Lipinski definition) is 3. The summed E-state index contributed by atoms with van der Waals surface area (Å²) in [5.41, 5.74) is 2.55. The highest BCUT2D eigenvalue weighted by Gasteiger charge is 2.26. The quantitative estimate of drug-likeness (QED) is 0.205. The predicted octanol–water partition coefficient (Wildman–Crippen LogP) is 3.47. The Morgan fingerprint density at radius 3 is 2.71 bits per heavy atom. The zero-order chi connectivity index (χ0) is 27.5. The molecule has 1 unspecified atom stereocenters. The van der Waals surface area contributed by atoms with Crippen molar-refractivity contribution < 1.29 is 14.3 Å². The summed E-state index contributed by atoms with van der Waals surface area (Å²) in [5, 5.41) is 9.49. The highest BCUT2D eigenvalue weighted by molar-refractivity contribution is 5.79. The van der Waals surface area contributed by atoms with Gasteiger partial charge < -0.3 is 20.7 Å². The minimum absolute atomic E-state index is 0.0855. The first-order valence-corrected chi connectivity index (χ1v) is 13.6. The fourth-order valence-electron chi connectivity index (χ4n) is 4.29. The second-order valence-corrected chi connectivity index (χ2v) is 10.9. The lowest BCUT2D eigenvalue weighted by atomic mass is 10.1. The molecule has 3 heterocycles. The fourth-order valence-corrected chi connectivity index (χ4v) is 4.29. The highest BCUT2D eigenvalue weighted by Crippen LogP contribution is 2.20. The van der Waals surface area contributed by atoms with E-state index in [0.717, 1.165) is 62.4 Å². The average molecular weight is 526 g/mol. The summed E-state index contributed by atoms with van der Waals surface area (Å²) in [6, 6.07) is 3.72. The standard InChI is InChI=1S/C28H43N7O3/c1-20-17-29-18-25(32-20)34-24(27(37)38-28(3,4)5)13-16-35(19-31-21(2)36)15-7-6-10-23-12-11-22-9-8-14-30-26(22)33-23/h11-12,17-18,24H,6-10,13-16,19H2,1-5H3,(H,30,33)(H,31,36)(H,32,34). The van der Waals surface area contributed by atoms with Gasteiger partial charge in [-0.3, -0.25) is 14.7 Å². The molecule has 0 aromatic carbocycles. The van der Waals surface area contributed by atoms with E-state index < -0.39 is 11.6 Å². The summed E-state index contributed by atoms with van der Waals surface area (Å²) in [4.78, 5) is 40.2. The Kier molecular flexibility index (Phi) is 10.8. The third-order valence-corrected chi connectivity index (χ3v) is 6.16. The van der Waals surface area contributed by atoms with E-state index in [2.05, 4.69) is 43.0 Å². The molecule has 0 spiro atoms. The van der Waals surface area contributed by atoms with Crippen molar-refractivity contribution in [3.63, 3.8) is 0 Å². The van der Waals surface area contributed by atoms with Crippen molar-refractivity contribution in [2.24, 2.45) is 0 Å². The smallest absolute Gasteiger partial charge is 0.329 e. The van der Waals surface area contributed by atoms with Crippen LogP contribution in [0.3, 0.4) is 0 Å². The molecule has 3 rings (SSSR count). The third-order valence-electron chi connectivity index (χ3n) is 6.16. The van der Waals surface area contributed by atoms with Gasteiger partial charge in [-0.2, -0.15) is 0 Å². The number of unbranched alkanes of at least 4 members (excludes halogenated alkanes) is 1. The van der Waals surface area contributed by atoms with Crippen molar-refractivity contribution in [2.45, 2.75) is 84.8 Å². The largest absolute Gasteiger partial charge is 0.458 e. The normalized spacial score (nSPS) is 13.8. The van der Waals surface area contributed by atoms with E-state index in [1.807, 2.05) is 27.7 Å². The van der Waals surface area contributed by atoms with Gasteiger partial charge in [-0.25, -0.2) is 14.8 Å². The fraction of sp³-hybridized carbons (Fsp3) is 0.607. The van der Waals surface area contributed by atoms with E-state index in [1.165, 1.54) is 12.5 Å². The van der Waals surface area contributed by atoms with Crippen LogP contribution in [0.1, 0.15) is 70.3 Å². The number of aryl methyl sites for hydroxylation is 3. The molecule has 1 amide bonds. The topological polar surface area (TPSA) is 121 Å². The minimum Gasteiger partial charge on any atom is -0.458 e. The van der Waals surface area contributed by atoms with Gasteiger partial charge in [-0.15, -0.1) is 0 Å². The maximum atomic E-state index is 13.0. The summed E-state index contributed by atoms with van der Waals surface area (Å²) in [5.74, 6) is 1.13. The second kappa shape index (κ2) is 14.0. The van der Waals surface area contributed by atoms with Gasteiger partial charge >= 0.3 is 5.97 Å². The summed E-state index contributed by atoms with van der Waals surface area (Å²) in [6.07, 6.45) is 8.82. The number of carbonyl (C=O) groups excluding carboxylic acids is 2. The maximum absolute atomic E-state index is 13.0. The first-order chi connectivity index (χ1) is 18.1. The van der Waals surface area contributed by atoms with Crippen LogP contribution in [0.4, 0.5) is 11.6 Å². The Bertz CT molecular complexity index is 1070. The lowest BCUT2D eigenvalue weighted by Crippen LogP contribution is -2.42. The Labute approximate surface area is 226 Å². The SMILES string of the molecule is CC(=O)NCN(CCCCc1ccc2c(n1)NCCC2)CCC(Nc1cncc(C)n1)C(=O)OC(C)(C)C. The zero-order valence-corrected chi connectivity index (χ0v) is 23.5. The van der Waals surface area contributed by atoms with E-state index in [9.17, 15) is 9.59 Å². The van der Waals surface area contributed by atoms with Crippen molar-refractivity contribution in [1.82, 2.24) is 25.2 Å². The van der Waals surface area contributed by atoms with Crippen LogP contribution in [0, 0.1) is 6.92 Å². The molecule has 3 N–H and O–H groups in total. The Morgan fingerprint density at radius 2 is 1.97 bits per heavy atom. The summed E-state index contributed by atoms with van der Waals surface area (Å²) in [7, 11) is 0. The number of ether oxygens (including phenoxy) is 1. The number of aromatic nitrogens is 3. The molecule has 38 heavy (non-hydrogen) atoms. The molecule has 0 aliphatic carbocycles. The Balaban J connectivity index is 1.57. The van der Waals surface area contributed by atoms with Gasteiger partial charge in [0.2, 0.25) is 5.91 Å². The molecule has 0 bridgehead atoms. The van der Waals surface area contributed by atoms with Crippen molar-refractivity contribution in [3.8, 4) is 0 Å². The van der Waals surface area contributed by atoms with Crippen LogP contribution >= 0.6 is 0 Å². The van der Waals surface area contributed by atoms with E-state index in [0.29, 0.717) is 25.5 Å². The number of rotatable bonds is 13. The second-order valence-electron chi connectivity index (χ2n) is 10.9. The number of amides is 1. The van der Waals surface area contributed by atoms with E-state index in [4.69, 9.17) is 9.72 Å². The van der Waals surface area contributed by atoms with Crippen molar-refractivity contribution in [2.75, 3.05) is 36.9 Å². The molecular weight excluding hydrogens is 482 g/mol. The van der Waals surface area contributed by atoms with Crippen LogP contribution in [0.25, 0.3) is 0 Å². The molecule has 10 heteroatoms. The maximum Gasteiger partial charge on any atom is 0.329 e. The van der Waals surface area contributed by atoms with Gasteiger partial charge in [0.1, 0.15) is 23.3 Å². The van der Waals surface area contributed by atoms with Crippen LogP contribution in [0.15, 0.2) is 24.5 Å². The number of nitrogens with zero attached hydrogens (tertiary/aromatic N) is 4. The molecular formula is C28H43N7O3. The van der Waals surface area contributed by atoms with Gasteiger partial charge in [0.05, 0.1) is 18.6 Å². The van der Waals surface area contributed by atoms with Gasteiger partial charge in [0, 0.05) is 31.9 Å². The zero-order valence-electron chi connectivity index (χ0n) is 23.5. The summed E-state index contributed by atoms with van der Waals surface area (Å²) < 4.78 is 5.67. The summed E-state index contributed by atoms with van der Waals surface area (Å²) >= 11 is 0. The van der Waals surface area contributed by atoms with Gasteiger partial charge in [-0.1, -0.05) is 6.07 Å². The first-order valence-electron chi connectivity index (χ1n) is 13.6. The molecule has 208 valence electrons. The molecule has 1 aliphatic heterocycles. The molecule has 2 aromatic heterocycles. The first kappa shape index (κ1) is 29.3. The van der Waals surface area contributed by atoms with E-state index in [-0.39, 0.29) is 11.9 Å². The van der Waals surface area contributed by atoms with Crippen LogP contribution in [0.5, 0.6) is 0 Å². The summed E-state index contributed by atoms with van der Waals surface area (Å²) in [6.45, 7) is 11.7. The molecule has 0 radical (unpaired) electrons. The monoisotopic (exact) mass is 525 g/mol.